The van der Waals surface area contributed by atoms with E-state index in [1.165, 1.54) is 17.3 Å². The monoisotopic (exact) mass is 279 g/mol. The van der Waals surface area contributed by atoms with Gasteiger partial charge in [-0.05, 0) is 30.0 Å². The number of rotatable bonds is 2. The summed E-state index contributed by atoms with van der Waals surface area (Å²) < 4.78 is 5.30. The molecule has 21 heavy (non-hydrogen) atoms. The summed E-state index contributed by atoms with van der Waals surface area (Å²) in [7, 11) is 0. The first kappa shape index (κ1) is 12.1. The van der Waals surface area contributed by atoms with E-state index in [1.54, 1.807) is 12.3 Å². The molecule has 1 N–H and O–H groups in total. The van der Waals surface area contributed by atoms with Gasteiger partial charge in [-0.2, -0.15) is 4.98 Å². The van der Waals surface area contributed by atoms with Crippen molar-refractivity contribution in [1.82, 2.24) is 15.1 Å². The van der Waals surface area contributed by atoms with Crippen LogP contribution in [0.3, 0.4) is 0 Å². The number of fused-ring (bicyclic) bond motifs is 1. The number of pyridine rings is 1. The first-order valence-corrected chi connectivity index (χ1v) is 6.84. The van der Waals surface area contributed by atoms with Crippen LogP contribution in [-0.4, -0.2) is 20.2 Å². The molecule has 0 saturated heterocycles. The Morgan fingerprint density at radius 1 is 1.10 bits per heavy atom. The van der Waals surface area contributed by atoms with Crippen LogP contribution < -0.4 is 0 Å². The molecule has 2 aromatic heterocycles. The fraction of sp³-hybridized carbons (Fsp3) is 0.188. The first-order valence-electron chi connectivity index (χ1n) is 6.84. The van der Waals surface area contributed by atoms with E-state index in [0.29, 0.717) is 17.3 Å². The molecule has 3 aromatic rings. The van der Waals surface area contributed by atoms with E-state index in [9.17, 15) is 5.11 Å². The first-order chi connectivity index (χ1) is 10.3. The van der Waals surface area contributed by atoms with Crippen molar-refractivity contribution in [3.05, 3.63) is 59.7 Å². The van der Waals surface area contributed by atoms with Crippen LogP contribution in [0.25, 0.3) is 11.5 Å². The van der Waals surface area contributed by atoms with Crippen molar-refractivity contribution in [2.45, 2.75) is 18.8 Å². The van der Waals surface area contributed by atoms with Crippen LogP contribution in [0.1, 0.15) is 22.9 Å². The number of hydrogen-bond donors (Lipinski definition) is 1. The molecule has 0 bridgehead atoms. The second kappa shape index (κ2) is 4.70. The Hall–Kier alpha value is -2.69. The van der Waals surface area contributed by atoms with Gasteiger partial charge in [-0.1, -0.05) is 29.4 Å². The fourth-order valence-electron chi connectivity index (χ4n) is 2.80. The molecule has 1 aliphatic carbocycles. The van der Waals surface area contributed by atoms with Gasteiger partial charge in [0.15, 0.2) is 5.82 Å². The predicted molar refractivity (Wildman–Crippen MR) is 75.8 cm³/mol. The predicted octanol–water partition coefficient (Wildman–Crippen LogP) is 2.72. The fourth-order valence-corrected chi connectivity index (χ4v) is 2.80. The zero-order valence-corrected chi connectivity index (χ0v) is 11.2. The van der Waals surface area contributed by atoms with Gasteiger partial charge in [0, 0.05) is 12.1 Å². The van der Waals surface area contributed by atoms with Crippen LogP contribution in [0, 0.1) is 0 Å². The summed E-state index contributed by atoms with van der Waals surface area (Å²) in [4.78, 5) is 8.38. The maximum atomic E-state index is 9.46. The molecule has 5 nitrogen and oxygen atoms in total. The van der Waals surface area contributed by atoms with Gasteiger partial charge in [0.05, 0.1) is 11.8 Å². The second-order valence-electron chi connectivity index (χ2n) is 5.26. The maximum Gasteiger partial charge on any atom is 0.259 e. The molecule has 0 aliphatic heterocycles. The van der Waals surface area contributed by atoms with Gasteiger partial charge in [-0.3, -0.25) is 4.98 Å². The van der Waals surface area contributed by atoms with Crippen molar-refractivity contribution in [2.75, 3.05) is 0 Å². The quantitative estimate of drug-likeness (QED) is 0.781. The Bertz CT molecular complexity index is 772. The zero-order valence-electron chi connectivity index (χ0n) is 11.2. The highest BCUT2D eigenvalue weighted by atomic mass is 16.5. The third kappa shape index (κ3) is 2.16. The average Bonchev–Trinajstić information content (AvgIpc) is 3.14. The zero-order chi connectivity index (χ0) is 14.2. The van der Waals surface area contributed by atoms with Gasteiger partial charge >= 0.3 is 0 Å². The Labute approximate surface area is 121 Å². The van der Waals surface area contributed by atoms with Gasteiger partial charge in [0.2, 0.25) is 0 Å². The molecule has 0 atom stereocenters. The summed E-state index contributed by atoms with van der Waals surface area (Å²) in [5, 5.41) is 13.6. The minimum atomic E-state index is 0.0838. The van der Waals surface area contributed by atoms with Crippen molar-refractivity contribution < 1.29 is 9.63 Å². The SMILES string of the molecule is Oc1cncc(-c2nc(C3Cc4ccccc4C3)no2)c1. The van der Waals surface area contributed by atoms with E-state index in [1.807, 2.05) is 0 Å². The number of nitrogens with zero attached hydrogens (tertiary/aromatic N) is 3. The molecule has 0 amide bonds. The average molecular weight is 279 g/mol. The summed E-state index contributed by atoms with van der Waals surface area (Å²) in [6.07, 6.45) is 4.84. The van der Waals surface area contributed by atoms with Crippen molar-refractivity contribution in [2.24, 2.45) is 0 Å². The Kier molecular flexibility index (Phi) is 2.70. The van der Waals surface area contributed by atoms with Crippen LogP contribution in [0.4, 0.5) is 0 Å². The minimum Gasteiger partial charge on any atom is -0.506 e. The third-order valence-corrected chi connectivity index (χ3v) is 3.83. The van der Waals surface area contributed by atoms with Crippen molar-refractivity contribution in [1.29, 1.82) is 0 Å². The van der Waals surface area contributed by atoms with Crippen LogP contribution >= 0.6 is 0 Å². The number of benzene rings is 1. The van der Waals surface area contributed by atoms with Crippen LogP contribution in [0.15, 0.2) is 47.2 Å². The molecule has 0 spiro atoms. The van der Waals surface area contributed by atoms with Gasteiger partial charge in [-0.25, -0.2) is 0 Å². The number of hydrogen-bond acceptors (Lipinski definition) is 5. The topological polar surface area (TPSA) is 72.0 Å². The highest BCUT2D eigenvalue weighted by Gasteiger charge is 2.26. The second-order valence-corrected chi connectivity index (χ2v) is 5.26. The lowest BCUT2D eigenvalue weighted by molar-refractivity contribution is 0.415. The normalized spacial score (nSPS) is 14.3. The number of aromatic nitrogens is 3. The highest BCUT2D eigenvalue weighted by Crippen LogP contribution is 2.33. The van der Waals surface area contributed by atoms with Crippen molar-refractivity contribution >= 4 is 0 Å². The lowest BCUT2D eigenvalue weighted by atomic mass is 10.1. The molecule has 1 aliphatic rings. The highest BCUT2D eigenvalue weighted by molar-refractivity contribution is 5.53. The largest absolute Gasteiger partial charge is 0.506 e. The van der Waals surface area contributed by atoms with Crippen molar-refractivity contribution in [3.63, 3.8) is 0 Å². The molecule has 1 aromatic carbocycles. The minimum absolute atomic E-state index is 0.0838. The lowest BCUT2D eigenvalue weighted by Crippen LogP contribution is -2.00. The van der Waals surface area contributed by atoms with E-state index >= 15 is 0 Å². The van der Waals surface area contributed by atoms with E-state index in [-0.39, 0.29) is 11.7 Å². The van der Waals surface area contributed by atoms with E-state index in [4.69, 9.17) is 4.52 Å². The summed E-state index contributed by atoms with van der Waals surface area (Å²) in [5.41, 5.74) is 3.34. The van der Waals surface area contributed by atoms with Gasteiger partial charge in [-0.15, -0.1) is 0 Å². The third-order valence-electron chi connectivity index (χ3n) is 3.83. The molecular weight excluding hydrogens is 266 g/mol. The summed E-state index contributed by atoms with van der Waals surface area (Å²) in [6.45, 7) is 0. The van der Waals surface area contributed by atoms with E-state index in [2.05, 4.69) is 39.4 Å². The Balaban J connectivity index is 1.62. The van der Waals surface area contributed by atoms with Gasteiger partial charge in [0.25, 0.3) is 5.89 Å². The van der Waals surface area contributed by atoms with Crippen LogP contribution in [-0.2, 0) is 12.8 Å². The molecule has 0 unspecified atom stereocenters. The van der Waals surface area contributed by atoms with Crippen LogP contribution in [0.2, 0.25) is 0 Å². The molecular formula is C16H13N3O2. The summed E-state index contributed by atoms with van der Waals surface area (Å²) >= 11 is 0. The standard InChI is InChI=1S/C16H13N3O2/c20-14-7-13(8-17-9-14)16-18-15(19-21-16)12-5-10-3-1-2-4-11(10)6-12/h1-4,7-9,12,20H,5-6H2. The Morgan fingerprint density at radius 2 is 1.86 bits per heavy atom. The molecule has 0 fully saturated rings. The van der Waals surface area contributed by atoms with Crippen LogP contribution in [0.5, 0.6) is 5.75 Å². The maximum absolute atomic E-state index is 9.46. The Morgan fingerprint density at radius 3 is 2.57 bits per heavy atom. The molecule has 0 saturated carbocycles. The molecule has 0 radical (unpaired) electrons. The summed E-state index contributed by atoms with van der Waals surface area (Å²) in [5.74, 6) is 1.44. The molecule has 5 heteroatoms. The molecule has 2 heterocycles. The molecule has 4 rings (SSSR count). The number of aromatic hydroxyl groups is 1. The van der Waals surface area contributed by atoms with E-state index in [0.717, 1.165) is 12.8 Å². The van der Waals surface area contributed by atoms with Crippen molar-refractivity contribution in [3.8, 4) is 17.2 Å². The van der Waals surface area contributed by atoms with E-state index < -0.39 is 0 Å². The smallest absolute Gasteiger partial charge is 0.259 e. The lowest BCUT2D eigenvalue weighted by Gasteiger charge is -2.00. The van der Waals surface area contributed by atoms with Gasteiger partial charge < -0.3 is 9.63 Å². The molecule has 104 valence electrons. The van der Waals surface area contributed by atoms with Gasteiger partial charge in [0.1, 0.15) is 5.75 Å². The summed E-state index contributed by atoms with van der Waals surface area (Å²) in [6, 6.07) is 9.97.